The smallest absolute Gasteiger partial charge is 0.0592 e. The van der Waals surface area contributed by atoms with E-state index < -0.39 is 0 Å². The highest BCUT2D eigenvalue weighted by Crippen LogP contribution is 2.32. The summed E-state index contributed by atoms with van der Waals surface area (Å²) in [6.45, 7) is 4.18. The average molecular weight is 290 g/mol. The van der Waals surface area contributed by atoms with Gasteiger partial charge in [0.2, 0.25) is 0 Å². The molecule has 15 heavy (non-hydrogen) atoms. The van der Waals surface area contributed by atoms with Crippen molar-refractivity contribution in [2.75, 3.05) is 18.0 Å². The van der Waals surface area contributed by atoms with E-state index in [2.05, 4.69) is 32.7 Å². The molecule has 0 spiro atoms. The van der Waals surface area contributed by atoms with Crippen LogP contribution in [0.5, 0.6) is 0 Å². The summed E-state index contributed by atoms with van der Waals surface area (Å²) in [7, 11) is 0. The molecule has 1 aromatic heterocycles. The average Bonchev–Trinajstić information content (AvgIpc) is 2.60. The SMILES string of the molecule is CCC1CN(c2ccncc2Br)CC1Cl. The third kappa shape index (κ3) is 2.28. The molecule has 2 unspecified atom stereocenters. The zero-order valence-corrected chi connectivity index (χ0v) is 11.0. The van der Waals surface area contributed by atoms with Gasteiger partial charge < -0.3 is 4.90 Å². The lowest BCUT2D eigenvalue weighted by Gasteiger charge is -2.19. The number of halogens is 2. The van der Waals surface area contributed by atoms with E-state index in [-0.39, 0.29) is 5.38 Å². The first-order chi connectivity index (χ1) is 7.22. The molecule has 0 saturated carbocycles. The minimum absolute atomic E-state index is 0.273. The van der Waals surface area contributed by atoms with Gasteiger partial charge in [-0.1, -0.05) is 13.3 Å². The third-order valence-corrected chi connectivity index (χ3v) is 4.08. The van der Waals surface area contributed by atoms with Crippen molar-refractivity contribution in [3.05, 3.63) is 22.9 Å². The quantitative estimate of drug-likeness (QED) is 0.777. The van der Waals surface area contributed by atoms with Crippen LogP contribution in [0.15, 0.2) is 22.9 Å². The molecule has 2 heterocycles. The summed E-state index contributed by atoms with van der Waals surface area (Å²) in [5.41, 5.74) is 1.20. The standard InChI is InChI=1S/C11H14BrClN2/c1-2-8-6-15(7-10(8)13)11-3-4-14-5-9(11)12/h3-5,8,10H,2,6-7H2,1H3. The Hall–Kier alpha value is -0.280. The summed E-state index contributed by atoms with van der Waals surface area (Å²) in [5.74, 6) is 0.603. The maximum Gasteiger partial charge on any atom is 0.0592 e. The van der Waals surface area contributed by atoms with Gasteiger partial charge in [-0.25, -0.2) is 0 Å². The molecule has 0 amide bonds. The van der Waals surface area contributed by atoms with Crippen LogP contribution in [0.25, 0.3) is 0 Å². The number of hydrogen-bond acceptors (Lipinski definition) is 2. The number of aromatic nitrogens is 1. The van der Waals surface area contributed by atoms with Crippen molar-refractivity contribution in [2.45, 2.75) is 18.7 Å². The fourth-order valence-electron chi connectivity index (χ4n) is 2.04. The highest BCUT2D eigenvalue weighted by atomic mass is 79.9. The normalized spacial score (nSPS) is 25.9. The Kier molecular flexibility index (Phi) is 3.52. The van der Waals surface area contributed by atoms with Gasteiger partial charge in [-0.05, 0) is 27.9 Å². The zero-order valence-electron chi connectivity index (χ0n) is 8.66. The third-order valence-electron chi connectivity index (χ3n) is 2.98. The molecule has 1 fully saturated rings. The Morgan fingerprint density at radius 1 is 1.60 bits per heavy atom. The van der Waals surface area contributed by atoms with Crippen molar-refractivity contribution in [1.29, 1.82) is 0 Å². The second kappa shape index (κ2) is 4.71. The van der Waals surface area contributed by atoms with Gasteiger partial charge in [0.15, 0.2) is 0 Å². The topological polar surface area (TPSA) is 16.1 Å². The predicted octanol–water partition coefficient (Wildman–Crippen LogP) is 3.30. The number of rotatable bonds is 2. The lowest BCUT2D eigenvalue weighted by molar-refractivity contribution is 0.575. The molecule has 0 radical (unpaired) electrons. The van der Waals surface area contributed by atoms with Crippen molar-refractivity contribution in [3.8, 4) is 0 Å². The van der Waals surface area contributed by atoms with Gasteiger partial charge in [0, 0.05) is 25.5 Å². The molecule has 4 heteroatoms. The molecule has 1 saturated heterocycles. The second-order valence-electron chi connectivity index (χ2n) is 3.92. The molecule has 2 nitrogen and oxygen atoms in total. The highest BCUT2D eigenvalue weighted by Gasteiger charge is 2.30. The van der Waals surface area contributed by atoms with E-state index in [4.69, 9.17) is 11.6 Å². The van der Waals surface area contributed by atoms with Crippen LogP contribution < -0.4 is 4.90 Å². The van der Waals surface area contributed by atoms with Crippen LogP contribution in [0.4, 0.5) is 5.69 Å². The Morgan fingerprint density at radius 2 is 2.40 bits per heavy atom. The van der Waals surface area contributed by atoms with E-state index in [1.54, 1.807) is 0 Å². The monoisotopic (exact) mass is 288 g/mol. The Bertz CT molecular complexity index is 345. The van der Waals surface area contributed by atoms with Gasteiger partial charge in [-0.2, -0.15) is 0 Å². The fourth-order valence-corrected chi connectivity index (χ4v) is 2.96. The Labute approximate surface area is 104 Å². The van der Waals surface area contributed by atoms with Crippen LogP contribution in [0.1, 0.15) is 13.3 Å². The van der Waals surface area contributed by atoms with E-state index in [0.717, 1.165) is 24.0 Å². The lowest BCUT2D eigenvalue weighted by atomic mass is 10.1. The molecular formula is C11H14BrClN2. The molecular weight excluding hydrogens is 275 g/mol. The maximum atomic E-state index is 6.30. The van der Waals surface area contributed by atoms with Crippen molar-refractivity contribution >= 4 is 33.2 Å². The number of anilines is 1. The number of alkyl halides is 1. The van der Waals surface area contributed by atoms with Crippen molar-refractivity contribution in [1.82, 2.24) is 4.98 Å². The van der Waals surface area contributed by atoms with Gasteiger partial charge in [-0.3, -0.25) is 4.98 Å². The van der Waals surface area contributed by atoms with Crippen LogP contribution in [0.3, 0.4) is 0 Å². The molecule has 1 aliphatic rings. The number of nitrogens with zero attached hydrogens (tertiary/aromatic N) is 2. The zero-order chi connectivity index (χ0) is 10.8. The van der Waals surface area contributed by atoms with Crippen LogP contribution in [0.2, 0.25) is 0 Å². The molecule has 82 valence electrons. The first kappa shape index (κ1) is 11.2. The summed E-state index contributed by atoms with van der Waals surface area (Å²) >= 11 is 9.82. The summed E-state index contributed by atoms with van der Waals surface area (Å²) in [6.07, 6.45) is 4.80. The van der Waals surface area contributed by atoms with Crippen LogP contribution in [-0.2, 0) is 0 Å². The van der Waals surface area contributed by atoms with Crippen molar-refractivity contribution in [3.63, 3.8) is 0 Å². The van der Waals surface area contributed by atoms with E-state index >= 15 is 0 Å². The predicted molar refractivity (Wildman–Crippen MR) is 67.6 cm³/mol. The maximum absolute atomic E-state index is 6.30. The lowest BCUT2D eigenvalue weighted by Crippen LogP contribution is -2.20. The van der Waals surface area contributed by atoms with Crippen molar-refractivity contribution < 1.29 is 0 Å². The van der Waals surface area contributed by atoms with E-state index in [1.807, 2.05) is 18.5 Å². The van der Waals surface area contributed by atoms with Crippen molar-refractivity contribution in [2.24, 2.45) is 5.92 Å². The summed E-state index contributed by atoms with van der Waals surface area (Å²) in [5, 5.41) is 0.273. The molecule has 1 aliphatic heterocycles. The number of pyridine rings is 1. The van der Waals surface area contributed by atoms with Gasteiger partial charge in [0.1, 0.15) is 0 Å². The molecule has 0 bridgehead atoms. The fraction of sp³-hybridized carbons (Fsp3) is 0.545. The van der Waals surface area contributed by atoms with Gasteiger partial charge in [-0.15, -0.1) is 11.6 Å². The Balaban J connectivity index is 2.17. The van der Waals surface area contributed by atoms with Gasteiger partial charge >= 0.3 is 0 Å². The van der Waals surface area contributed by atoms with Crippen LogP contribution in [0, 0.1) is 5.92 Å². The van der Waals surface area contributed by atoms with Gasteiger partial charge in [0.25, 0.3) is 0 Å². The van der Waals surface area contributed by atoms with Crippen LogP contribution in [-0.4, -0.2) is 23.5 Å². The first-order valence-electron chi connectivity index (χ1n) is 5.21. The summed E-state index contributed by atoms with van der Waals surface area (Å²) in [6, 6.07) is 2.03. The largest absolute Gasteiger partial charge is 0.369 e. The minimum atomic E-state index is 0.273. The summed E-state index contributed by atoms with van der Waals surface area (Å²) in [4.78, 5) is 6.40. The van der Waals surface area contributed by atoms with E-state index in [0.29, 0.717) is 5.92 Å². The van der Waals surface area contributed by atoms with E-state index in [9.17, 15) is 0 Å². The molecule has 2 atom stereocenters. The first-order valence-corrected chi connectivity index (χ1v) is 6.43. The number of hydrogen-bond donors (Lipinski definition) is 0. The van der Waals surface area contributed by atoms with Gasteiger partial charge in [0.05, 0.1) is 15.5 Å². The molecule has 2 rings (SSSR count). The summed E-state index contributed by atoms with van der Waals surface area (Å²) < 4.78 is 1.05. The Morgan fingerprint density at radius 3 is 3.00 bits per heavy atom. The highest BCUT2D eigenvalue weighted by molar-refractivity contribution is 9.10. The molecule has 0 aliphatic carbocycles. The minimum Gasteiger partial charge on any atom is -0.369 e. The second-order valence-corrected chi connectivity index (χ2v) is 5.33. The van der Waals surface area contributed by atoms with Crippen LogP contribution >= 0.6 is 27.5 Å². The molecule has 1 aromatic rings. The molecule has 0 aromatic carbocycles. The van der Waals surface area contributed by atoms with E-state index in [1.165, 1.54) is 5.69 Å². The molecule has 0 N–H and O–H groups in total.